The van der Waals surface area contributed by atoms with Gasteiger partial charge in [0.1, 0.15) is 0 Å². The zero-order chi connectivity index (χ0) is 10.2. The van der Waals surface area contributed by atoms with Gasteiger partial charge in [0.15, 0.2) is 6.29 Å². The standard InChI is InChI=1S/C12H17NO/c1-2-3-4-5-6-12-8-7-11(10-14)9-13-12/h7-10H,2-6H2,1H3. The molecule has 1 aromatic heterocycles. The van der Waals surface area contributed by atoms with Crippen molar-refractivity contribution < 1.29 is 4.79 Å². The van der Waals surface area contributed by atoms with Crippen LogP contribution in [0, 0.1) is 0 Å². The van der Waals surface area contributed by atoms with E-state index in [0.717, 1.165) is 18.4 Å². The summed E-state index contributed by atoms with van der Waals surface area (Å²) in [7, 11) is 0. The molecule has 2 heteroatoms. The molecular weight excluding hydrogens is 174 g/mol. The Kier molecular flexibility index (Phi) is 4.90. The van der Waals surface area contributed by atoms with Gasteiger partial charge < -0.3 is 0 Å². The summed E-state index contributed by atoms with van der Waals surface area (Å²) in [5.74, 6) is 0. The highest BCUT2D eigenvalue weighted by Gasteiger charge is 1.95. The molecule has 0 saturated carbocycles. The number of nitrogens with zero attached hydrogens (tertiary/aromatic N) is 1. The lowest BCUT2D eigenvalue weighted by atomic mass is 10.1. The maximum absolute atomic E-state index is 10.4. The predicted octanol–water partition coefficient (Wildman–Crippen LogP) is 3.02. The monoisotopic (exact) mass is 191 g/mol. The second-order valence-electron chi connectivity index (χ2n) is 3.51. The molecule has 2 nitrogen and oxygen atoms in total. The van der Waals surface area contributed by atoms with Crippen LogP contribution in [0.1, 0.15) is 48.7 Å². The Balaban J connectivity index is 2.32. The van der Waals surface area contributed by atoms with Crippen LogP contribution in [0.15, 0.2) is 18.3 Å². The van der Waals surface area contributed by atoms with Gasteiger partial charge in [0.25, 0.3) is 0 Å². The van der Waals surface area contributed by atoms with Crippen molar-refractivity contribution in [3.63, 3.8) is 0 Å². The normalized spacial score (nSPS) is 10.1. The molecule has 0 N–H and O–H groups in total. The molecule has 76 valence electrons. The van der Waals surface area contributed by atoms with Crippen LogP contribution < -0.4 is 0 Å². The minimum absolute atomic E-state index is 0.655. The van der Waals surface area contributed by atoms with Crippen LogP contribution in [0.4, 0.5) is 0 Å². The number of carbonyl (C=O) groups excluding carboxylic acids is 1. The lowest BCUT2D eigenvalue weighted by Gasteiger charge is -1.99. The van der Waals surface area contributed by atoms with E-state index in [1.165, 1.54) is 25.7 Å². The van der Waals surface area contributed by atoms with E-state index in [4.69, 9.17) is 0 Å². The SMILES string of the molecule is CCCCCCc1ccc(C=O)cn1. The van der Waals surface area contributed by atoms with Crippen LogP contribution in [0.5, 0.6) is 0 Å². The topological polar surface area (TPSA) is 30.0 Å². The van der Waals surface area contributed by atoms with E-state index in [2.05, 4.69) is 11.9 Å². The summed E-state index contributed by atoms with van der Waals surface area (Å²) < 4.78 is 0. The molecule has 0 bridgehead atoms. The van der Waals surface area contributed by atoms with E-state index in [1.807, 2.05) is 12.1 Å². The summed E-state index contributed by atoms with van der Waals surface area (Å²) in [5, 5.41) is 0. The molecule has 0 aliphatic rings. The van der Waals surface area contributed by atoms with Crippen LogP contribution in [-0.2, 0) is 6.42 Å². The van der Waals surface area contributed by atoms with Crippen molar-refractivity contribution in [2.75, 3.05) is 0 Å². The summed E-state index contributed by atoms with van der Waals surface area (Å²) in [4.78, 5) is 14.6. The highest BCUT2D eigenvalue weighted by Crippen LogP contribution is 2.05. The van der Waals surface area contributed by atoms with E-state index in [1.54, 1.807) is 6.20 Å². The van der Waals surface area contributed by atoms with E-state index >= 15 is 0 Å². The summed E-state index contributed by atoms with van der Waals surface area (Å²) in [5.41, 5.74) is 1.74. The molecule has 0 radical (unpaired) electrons. The van der Waals surface area contributed by atoms with Gasteiger partial charge in [-0.15, -0.1) is 0 Å². The van der Waals surface area contributed by atoms with Crippen LogP contribution in [0.25, 0.3) is 0 Å². The minimum atomic E-state index is 0.655. The van der Waals surface area contributed by atoms with Crippen LogP contribution in [0.3, 0.4) is 0 Å². The molecule has 0 atom stereocenters. The quantitative estimate of drug-likeness (QED) is 0.511. The van der Waals surface area contributed by atoms with Crippen LogP contribution >= 0.6 is 0 Å². The fourth-order valence-electron chi connectivity index (χ4n) is 1.39. The molecule has 14 heavy (non-hydrogen) atoms. The largest absolute Gasteiger partial charge is 0.298 e. The third-order valence-corrected chi connectivity index (χ3v) is 2.27. The smallest absolute Gasteiger partial charge is 0.151 e. The molecule has 0 fully saturated rings. The maximum atomic E-state index is 10.4. The van der Waals surface area contributed by atoms with Crippen molar-refractivity contribution >= 4 is 6.29 Å². The Morgan fingerprint density at radius 2 is 2.14 bits per heavy atom. The van der Waals surface area contributed by atoms with Gasteiger partial charge in [0.05, 0.1) is 0 Å². The van der Waals surface area contributed by atoms with Crippen LogP contribution in [0.2, 0.25) is 0 Å². The molecule has 0 aliphatic heterocycles. The van der Waals surface area contributed by atoms with Gasteiger partial charge in [-0.1, -0.05) is 26.2 Å². The fraction of sp³-hybridized carbons (Fsp3) is 0.500. The molecule has 0 saturated heterocycles. The number of aryl methyl sites for hydroxylation is 1. The fourth-order valence-corrected chi connectivity index (χ4v) is 1.39. The van der Waals surface area contributed by atoms with Crippen molar-refractivity contribution in [2.24, 2.45) is 0 Å². The summed E-state index contributed by atoms with van der Waals surface area (Å²) in [6, 6.07) is 3.77. The Morgan fingerprint density at radius 3 is 2.71 bits per heavy atom. The molecule has 0 unspecified atom stereocenters. The second-order valence-corrected chi connectivity index (χ2v) is 3.51. The summed E-state index contributed by atoms with van der Waals surface area (Å²) in [6.45, 7) is 2.21. The maximum Gasteiger partial charge on any atom is 0.151 e. The first kappa shape index (κ1) is 10.9. The first-order chi connectivity index (χ1) is 6.86. The number of hydrogen-bond acceptors (Lipinski definition) is 2. The molecule has 1 aromatic rings. The van der Waals surface area contributed by atoms with Gasteiger partial charge >= 0.3 is 0 Å². The lowest BCUT2D eigenvalue weighted by molar-refractivity contribution is 0.112. The molecule has 0 spiro atoms. The van der Waals surface area contributed by atoms with E-state index in [9.17, 15) is 4.79 Å². The third kappa shape index (κ3) is 3.69. The summed E-state index contributed by atoms with van der Waals surface area (Å²) >= 11 is 0. The van der Waals surface area contributed by atoms with Crippen molar-refractivity contribution in [3.05, 3.63) is 29.6 Å². The highest BCUT2D eigenvalue weighted by atomic mass is 16.1. The Labute approximate surface area is 85.4 Å². The molecule has 0 aromatic carbocycles. The lowest BCUT2D eigenvalue weighted by Crippen LogP contribution is -1.91. The Hall–Kier alpha value is -1.18. The summed E-state index contributed by atoms with van der Waals surface area (Å²) in [6.07, 6.45) is 8.52. The number of unbranched alkanes of at least 4 members (excludes halogenated alkanes) is 3. The third-order valence-electron chi connectivity index (χ3n) is 2.27. The first-order valence-electron chi connectivity index (χ1n) is 5.27. The van der Waals surface area contributed by atoms with Gasteiger partial charge in [0.2, 0.25) is 0 Å². The van der Waals surface area contributed by atoms with E-state index in [0.29, 0.717) is 5.56 Å². The van der Waals surface area contributed by atoms with Crippen molar-refractivity contribution in [3.8, 4) is 0 Å². The van der Waals surface area contributed by atoms with Gasteiger partial charge in [0, 0.05) is 17.5 Å². The zero-order valence-corrected chi connectivity index (χ0v) is 8.70. The second kappa shape index (κ2) is 6.30. The number of hydrogen-bond donors (Lipinski definition) is 0. The number of carbonyl (C=O) groups is 1. The van der Waals surface area contributed by atoms with Gasteiger partial charge in [-0.2, -0.15) is 0 Å². The van der Waals surface area contributed by atoms with Gasteiger partial charge in [-0.3, -0.25) is 9.78 Å². The molecule has 1 heterocycles. The molecule has 0 aliphatic carbocycles. The van der Waals surface area contributed by atoms with Crippen molar-refractivity contribution in [2.45, 2.75) is 39.0 Å². The van der Waals surface area contributed by atoms with Gasteiger partial charge in [-0.25, -0.2) is 0 Å². The molecular formula is C12H17NO. The number of pyridine rings is 1. The minimum Gasteiger partial charge on any atom is -0.298 e. The van der Waals surface area contributed by atoms with E-state index in [-0.39, 0.29) is 0 Å². The number of aromatic nitrogens is 1. The first-order valence-corrected chi connectivity index (χ1v) is 5.27. The highest BCUT2D eigenvalue weighted by molar-refractivity contribution is 5.73. The van der Waals surface area contributed by atoms with Gasteiger partial charge in [-0.05, 0) is 25.0 Å². The zero-order valence-electron chi connectivity index (χ0n) is 8.70. The molecule has 1 rings (SSSR count). The van der Waals surface area contributed by atoms with E-state index < -0.39 is 0 Å². The van der Waals surface area contributed by atoms with Crippen molar-refractivity contribution in [1.29, 1.82) is 0 Å². The number of rotatable bonds is 6. The Morgan fingerprint density at radius 1 is 1.29 bits per heavy atom. The average Bonchev–Trinajstić information content (AvgIpc) is 2.25. The molecule has 0 amide bonds. The predicted molar refractivity (Wildman–Crippen MR) is 57.5 cm³/mol. The average molecular weight is 191 g/mol. The Bertz CT molecular complexity index is 266. The van der Waals surface area contributed by atoms with Crippen LogP contribution in [-0.4, -0.2) is 11.3 Å². The van der Waals surface area contributed by atoms with Crippen molar-refractivity contribution in [1.82, 2.24) is 4.98 Å². The number of aldehydes is 1.